The normalized spacial score (nSPS) is 14.8. The summed E-state index contributed by atoms with van der Waals surface area (Å²) in [6.07, 6.45) is 0.855. The molecule has 0 fully saturated rings. The molecule has 7 heteroatoms. The maximum Gasteiger partial charge on any atom is 0.234 e. The minimum atomic E-state index is 0.0819. The third-order valence-electron chi connectivity index (χ3n) is 4.26. The predicted octanol–water partition coefficient (Wildman–Crippen LogP) is 4.23. The van der Waals surface area contributed by atoms with E-state index in [1.807, 2.05) is 29.0 Å². The van der Waals surface area contributed by atoms with Gasteiger partial charge in [0.1, 0.15) is 28.4 Å². The second-order valence-electron chi connectivity index (χ2n) is 5.79. The van der Waals surface area contributed by atoms with Crippen LogP contribution in [-0.4, -0.2) is 29.6 Å². The molecular formula is C18H17N3O3S. The zero-order chi connectivity index (χ0) is 17.6. The zero-order valence-electron chi connectivity index (χ0n) is 13.9. The molecule has 4 rings (SSSR count). The lowest BCUT2D eigenvalue weighted by atomic mass is 10.1. The highest BCUT2D eigenvalue weighted by Crippen LogP contribution is 2.34. The molecule has 1 aliphatic rings. The van der Waals surface area contributed by atoms with Crippen LogP contribution >= 0.6 is 11.3 Å². The fourth-order valence-corrected chi connectivity index (χ4v) is 3.58. The van der Waals surface area contributed by atoms with Crippen LogP contribution in [0.3, 0.4) is 0 Å². The molecule has 2 N–H and O–H groups in total. The van der Waals surface area contributed by atoms with E-state index in [1.54, 1.807) is 12.0 Å². The van der Waals surface area contributed by atoms with E-state index in [4.69, 9.17) is 14.6 Å². The van der Waals surface area contributed by atoms with Gasteiger partial charge in [-0.1, -0.05) is 6.92 Å². The minimum Gasteiger partial charge on any atom is -0.509 e. The summed E-state index contributed by atoms with van der Waals surface area (Å²) in [5.74, 6) is 1.26. The lowest BCUT2D eigenvalue weighted by molar-refractivity contribution is 0.408. The molecule has 3 heterocycles. The van der Waals surface area contributed by atoms with Crippen molar-refractivity contribution in [3.8, 4) is 5.75 Å². The number of hydrogen-bond acceptors (Lipinski definition) is 6. The number of benzene rings is 1. The molecule has 0 bridgehead atoms. The fraction of sp³-hybridized carbons (Fsp3) is 0.222. The van der Waals surface area contributed by atoms with Gasteiger partial charge in [0.25, 0.3) is 0 Å². The number of aliphatic hydroxyl groups is 1. The molecule has 0 aliphatic carbocycles. The van der Waals surface area contributed by atoms with E-state index >= 15 is 0 Å². The zero-order valence-corrected chi connectivity index (χ0v) is 14.7. The molecule has 1 aliphatic heterocycles. The number of thiophene rings is 1. The average Bonchev–Trinajstić information content (AvgIpc) is 3.27. The van der Waals surface area contributed by atoms with E-state index in [0.717, 1.165) is 28.9 Å². The van der Waals surface area contributed by atoms with E-state index < -0.39 is 0 Å². The second kappa shape index (κ2) is 5.93. The molecule has 128 valence electrons. The average molecular weight is 355 g/mol. The van der Waals surface area contributed by atoms with E-state index in [2.05, 4.69) is 11.9 Å². The first-order valence-corrected chi connectivity index (χ1v) is 8.84. The van der Waals surface area contributed by atoms with Crippen LogP contribution in [0.4, 0.5) is 5.69 Å². The van der Waals surface area contributed by atoms with Gasteiger partial charge in [0.2, 0.25) is 5.89 Å². The Kier molecular flexibility index (Phi) is 3.73. The lowest BCUT2D eigenvalue weighted by Gasteiger charge is -2.20. The fourth-order valence-electron chi connectivity index (χ4n) is 2.93. The van der Waals surface area contributed by atoms with Crippen molar-refractivity contribution < 1.29 is 14.3 Å². The van der Waals surface area contributed by atoms with Crippen LogP contribution in [0, 0.1) is 5.41 Å². The van der Waals surface area contributed by atoms with Gasteiger partial charge in [-0.25, -0.2) is 4.98 Å². The van der Waals surface area contributed by atoms with Gasteiger partial charge in [-0.15, -0.1) is 11.3 Å². The van der Waals surface area contributed by atoms with Crippen LogP contribution in [0.15, 0.2) is 39.1 Å². The number of amidine groups is 1. The van der Waals surface area contributed by atoms with Gasteiger partial charge in [0, 0.05) is 22.5 Å². The summed E-state index contributed by atoms with van der Waals surface area (Å²) in [6.45, 7) is 2.27. The van der Waals surface area contributed by atoms with E-state index in [-0.39, 0.29) is 24.0 Å². The van der Waals surface area contributed by atoms with Crippen LogP contribution in [0.5, 0.6) is 5.75 Å². The lowest BCUT2D eigenvalue weighted by Crippen LogP contribution is -2.26. The Hall–Kier alpha value is -2.80. The Morgan fingerprint density at radius 2 is 2.20 bits per heavy atom. The maximum absolute atomic E-state index is 10.4. The van der Waals surface area contributed by atoms with Crippen molar-refractivity contribution in [2.75, 3.05) is 18.6 Å². The summed E-state index contributed by atoms with van der Waals surface area (Å²) in [5.41, 5.74) is 3.64. The highest BCUT2D eigenvalue weighted by molar-refractivity contribution is 7.09. The van der Waals surface area contributed by atoms with Crippen molar-refractivity contribution in [2.24, 2.45) is 0 Å². The van der Waals surface area contributed by atoms with Crippen molar-refractivity contribution in [1.82, 2.24) is 4.98 Å². The van der Waals surface area contributed by atoms with Gasteiger partial charge in [0.15, 0.2) is 5.58 Å². The van der Waals surface area contributed by atoms with Crippen LogP contribution in [0.1, 0.15) is 18.4 Å². The molecule has 1 aromatic carbocycles. The molecule has 0 unspecified atom stereocenters. The smallest absolute Gasteiger partial charge is 0.234 e. The molecule has 0 amide bonds. The van der Waals surface area contributed by atoms with Crippen LogP contribution in [0.2, 0.25) is 0 Å². The van der Waals surface area contributed by atoms with Crippen LogP contribution in [0.25, 0.3) is 16.7 Å². The number of oxazole rings is 1. The first-order valence-electron chi connectivity index (χ1n) is 7.90. The third kappa shape index (κ3) is 2.56. The summed E-state index contributed by atoms with van der Waals surface area (Å²) >= 11 is 1.51. The number of rotatable bonds is 4. The van der Waals surface area contributed by atoms with Crippen molar-refractivity contribution >= 4 is 39.5 Å². The molecular weight excluding hydrogens is 338 g/mol. The van der Waals surface area contributed by atoms with Gasteiger partial charge in [-0.3, -0.25) is 5.41 Å². The Bertz CT molecular complexity index is 951. The maximum atomic E-state index is 10.4. The van der Waals surface area contributed by atoms with Crippen LogP contribution in [-0.2, 0) is 6.42 Å². The van der Waals surface area contributed by atoms with E-state index in [0.29, 0.717) is 11.2 Å². The Labute approximate surface area is 148 Å². The molecule has 0 atom stereocenters. The second-order valence-corrected chi connectivity index (χ2v) is 6.53. The number of aryl methyl sites for hydroxylation is 1. The Morgan fingerprint density at radius 3 is 2.92 bits per heavy atom. The quantitative estimate of drug-likeness (QED) is 0.732. The number of anilines is 1. The number of fused-ring (bicyclic) bond motifs is 1. The Morgan fingerprint density at radius 1 is 1.36 bits per heavy atom. The van der Waals surface area contributed by atoms with Crippen molar-refractivity contribution in [1.29, 1.82) is 5.41 Å². The molecule has 25 heavy (non-hydrogen) atoms. The molecule has 0 radical (unpaired) electrons. The van der Waals surface area contributed by atoms with Crippen molar-refractivity contribution in [3.63, 3.8) is 0 Å². The summed E-state index contributed by atoms with van der Waals surface area (Å²) in [6, 6.07) is 5.83. The third-order valence-corrected chi connectivity index (χ3v) is 4.97. The number of hydrogen-bond donors (Lipinski definition) is 2. The standard InChI is InChI=1S/C18H17N3O3S/c1-3-10-4-11(6-12(5-10)23-2)21-7-14(22)16(17(21)19)18-20-13-8-25-9-15(13)24-18/h4-6,8-9,19,22H,3,7H2,1-2H3. The number of methoxy groups -OCH3 is 1. The topological polar surface area (TPSA) is 82.6 Å². The van der Waals surface area contributed by atoms with E-state index in [9.17, 15) is 5.11 Å². The van der Waals surface area contributed by atoms with E-state index in [1.165, 1.54) is 11.3 Å². The van der Waals surface area contributed by atoms with Crippen LogP contribution < -0.4 is 9.64 Å². The molecule has 3 aromatic rings. The molecule has 6 nitrogen and oxygen atoms in total. The van der Waals surface area contributed by atoms with Gasteiger partial charge < -0.3 is 19.2 Å². The largest absolute Gasteiger partial charge is 0.509 e. The summed E-state index contributed by atoms with van der Waals surface area (Å²) in [5, 5.41) is 22.7. The van der Waals surface area contributed by atoms with Gasteiger partial charge >= 0.3 is 0 Å². The van der Waals surface area contributed by atoms with Crippen molar-refractivity contribution in [2.45, 2.75) is 13.3 Å². The summed E-state index contributed by atoms with van der Waals surface area (Å²) in [7, 11) is 1.62. The molecule has 0 saturated carbocycles. The first-order chi connectivity index (χ1) is 12.1. The first kappa shape index (κ1) is 15.7. The summed E-state index contributed by atoms with van der Waals surface area (Å²) < 4.78 is 11.1. The van der Waals surface area contributed by atoms with Gasteiger partial charge in [-0.2, -0.15) is 0 Å². The number of ether oxygens (including phenoxy) is 1. The van der Waals surface area contributed by atoms with Gasteiger partial charge in [-0.05, 0) is 24.1 Å². The molecule has 2 aromatic heterocycles. The number of nitrogens with zero attached hydrogens (tertiary/aromatic N) is 2. The predicted molar refractivity (Wildman–Crippen MR) is 98.9 cm³/mol. The monoisotopic (exact) mass is 355 g/mol. The SMILES string of the molecule is CCc1cc(OC)cc(N2CC(O)=C(c3nc4cscc4o3)C2=N)c1. The highest BCUT2D eigenvalue weighted by Gasteiger charge is 2.33. The van der Waals surface area contributed by atoms with Crippen molar-refractivity contribution in [3.05, 3.63) is 46.2 Å². The van der Waals surface area contributed by atoms with Gasteiger partial charge in [0.05, 0.1) is 13.7 Å². The Balaban J connectivity index is 1.71. The molecule has 0 spiro atoms. The number of aliphatic hydroxyl groups excluding tert-OH is 1. The highest BCUT2D eigenvalue weighted by atomic mass is 32.1. The number of nitrogens with one attached hydrogen (secondary N) is 1. The summed E-state index contributed by atoms with van der Waals surface area (Å²) in [4.78, 5) is 6.11. The number of aromatic nitrogens is 1. The molecule has 0 saturated heterocycles. The minimum absolute atomic E-state index is 0.0819.